The molecule has 1 N–H and O–H groups in total. The summed E-state index contributed by atoms with van der Waals surface area (Å²) in [5.41, 5.74) is 4.35. The van der Waals surface area contributed by atoms with Gasteiger partial charge in [0, 0.05) is 22.3 Å². The van der Waals surface area contributed by atoms with Gasteiger partial charge in [-0.2, -0.15) is 0 Å². The largest absolute Gasteiger partial charge is 0.322 e. The fraction of sp³-hybridized carbons (Fsp3) is 0.350. The van der Waals surface area contributed by atoms with Crippen LogP contribution in [-0.4, -0.2) is 31.4 Å². The fourth-order valence-electron chi connectivity index (χ4n) is 3.38. The third kappa shape index (κ3) is 4.25. The number of aryl methyl sites for hydroxylation is 1. The van der Waals surface area contributed by atoms with Gasteiger partial charge in [0.2, 0.25) is 0 Å². The number of carbonyl (C=O) groups is 1. The van der Waals surface area contributed by atoms with Crippen LogP contribution < -0.4 is 5.32 Å². The minimum absolute atomic E-state index is 0.0660. The first-order valence-corrected chi connectivity index (χ1v) is 9.14. The van der Waals surface area contributed by atoms with Crippen LogP contribution in [0.2, 0.25) is 0 Å². The normalized spacial score (nSPS) is 16.8. The van der Waals surface area contributed by atoms with Crippen molar-refractivity contribution in [3.8, 4) is 0 Å². The Labute approximate surface area is 152 Å². The molecule has 0 saturated carbocycles. The van der Waals surface area contributed by atoms with Crippen LogP contribution in [0.5, 0.6) is 0 Å². The molecule has 1 amide bonds. The lowest BCUT2D eigenvalue weighted by atomic mass is 9.83. The summed E-state index contributed by atoms with van der Waals surface area (Å²) >= 11 is 3.39. The molecule has 0 saturated heterocycles. The van der Waals surface area contributed by atoms with Gasteiger partial charge >= 0.3 is 0 Å². The van der Waals surface area contributed by atoms with Crippen molar-refractivity contribution in [2.75, 3.05) is 26.0 Å². The van der Waals surface area contributed by atoms with E-state index in [4.69, 9.17) is 0 Å². The highest BCUT2D eigenvalue weighted by Gasteiger charge is 2.19. The van der Waals surface area contributed by atoms with Crippen LogP contribution in [-0.2, 0) is 12.8 Å². The van der Waals surface area contributed by atoms with E-state index >= 15 is 0 Å². The molecule has 4 heteroatoms. The Balaban J connectivity index is 1.68. The van der Waals surface area contributed by atoms with Crippen LogP contribution in [0.3, 0.4) is 0 Å². The number of carbonyl (C=O) groups excluding carboxylic acids is 1. The number of benzene rings is 2. The van der Waals surface area contributed by atoms with Gasteiger partial charge in [0.1, 0.15) is 0 Å². The van der Waals surface area contributed by atoms with Crippen LogP contribution in [0.4, 0.5) is 5.69 Å². The van der Waals surface area contributed by atoms with Crippen molar-refractivity contribution in [2.24, 2.45) is 5.92 Å². The van der Waals surface area contributed by atoms with Crippen LogP contribution in [0.15, 0.2) is 46.9 Å². The molecule has 1 unspecified atom stereocenters. The van der Waals surface area contributed by atoms with Gasteiger partial charge in [0.05, 0.1) is 0 Å². The second-order valence-electron chi connectivity index (χ2n) is 6.82. The zero-order valence-corrected chi connectivity index (χ0v) is 15.8. The molecule has 24 heavy (non-hydrogen) atoms. The zero-order valence-electron chi connectivity index (χ0n) is 14.2. The lowest BCUT2D eigenvalue weighted by Crippen LogP contribution is -2.26. The van der Waals surface area contributed by atoms with Gasteiger partial charge in [-0.3, -0.25) is 4.79 Å². The van der Waals surface area contributed by atoms with Crippen molar-refractivity contribution in [3.63, 3.8) is 0 Å². The Morgan fingerprint density at radius 1 is 1.17 bits per heavy atom. The molecule has 2 aromatic rings. The van der Waals surface area contributed by atoms with Crippen LogP contribution in [0, 0.1) is 5.92 Å². The van der Waals surface area contributed by atoms with Crippen LogP contribution in [0.1, 0.15) is 27.9 Å². The van der Waals surface area contributed by atoms with Gasteiger partial charge in [-0.25, -0.2) is 0 Å². The Morgan fingerprint density at radius 2 is 1.92 bits per heavy atom. The van der Waals surface area contributed by atoms with Crippen molar-refractivity contribution in [3.05, 3.63) is 63.6 Å². The van der Waals surface area contributed by atoms with E-state index in [9.17, 15) is 4.79 Å². The summed E-state index contributed by atoms with van der Waals surface area (Å²) in [6.07, 6.45) is 3.44. The summed E-state index contributed by atoms with van der Waals surface area (Å²) in [6, 6.07) is 13.7. The summed E-state index contributed by atoms with van der Waals surface area (Å²) in [6.45, 7) is 1.14. The summed E-state index contributed by atoms with van der Waals surface area (Å²) in [5.74, 6) is 0.666. The van der Waals surface area contributed by atoms with E-state index in [0.29, 0.717) is 5.56 Å². The van der Waals surface area contributed by atoms with Gasteiger partial charge in [0.15, 0.2) is 0 Å². The number of amides is 1. The predicted molar refractivity (Wildman–Crippen MR) is 103 cm³/mol. The third-order valence-corrected chi connectivity index (χ3v) is 5.05. The van der Waals surface area contributed by atoms with Gasteiger partial charge in [-0.15, -0.1) is 0 Å². The topological polar surface area (TPSA) is 32.3 Å². The second kappa shape index (κ2) is 7.49. The molecule has 1 atom stereocenters. The molecule has 0 bridgehead atoms. The zero-order chi connectivity index (χ0) is 17.1. The summed E-state index contributed by atoms with van der Waals surface area (Å²) in [5, 5.41) is 3.01. The van der Waals surface area contributed by atoms with Crippen LogP contribution in [0.25, 0.3) is 0 Å². The molecule has 1 aliphatic carbocycles. The number of hydrogen-bond acceptors (Lipinski definition) is 2. The molecular weight excluding hydrogens is 364 g/mol. The highest BCUT2D eigenvalue weighted by atomic mass is 79.9. The number of anilines is 1. The highest BCUT2D eigenvalue weighted by Crippen LogP contribution is 2.28. The maximum atomic E-state index is 12.3. The average Bonchev–Trinajstić information content (AvgIpc) is 2.55. The number of nitrogens with zero attached hydrogens (tertiary/aromatic N) is 1. The lowest BCUT2D eigenvalue weighted by Gasteiger charge is -2.27. The Morgan fingerprint density at radius 3 is 2.62 bits per heavy atom. The number of rotatable bonds is 4. The summed E-state index contributed by atoms with van der Waals surface area (Å²) in [4.78, 5) is 14.6. The van der Waals surface area contributed by atoms with E-state index in [0.717, 1.165) is 35.5 Å². The molecule has 0 fully saturated rings. The third-order valence-electron chi connectivity index (χ3n) is 4.52. The van der Waals surface area contributed by atoms with Crippen molar-refractivity contribution >= 4 is 27.5 Å². The monoisotopic (exact) mass is 386 g/mol. The number of halogens is 1. The number of hydrogen-bond donors (Lipinski definition) is 1. The van der Waals surface area contributed by atoms with Gasteiger partial charge < -0.3 is 10.2 Å². The number of fused-ring (bicyclic) bond motifs is 1. The molecular formula is C20H23BrN2O. The van der Waals surface area contributed by atoms with E-state index in [1.165, 1.54) is 17.5 Å². The molecule has 3 nitrogen and oxygen atoms in total. The number of nitrogens with one attached hydrogen (secondary N) is 1. The van der Waals surface area contributed by atoms with Gasteiger partial charge in [0.25, 0.3) is 5.91 Å². The van der Waals surface area contributed by atoms with E-state index < -0.39 is 0 Å². The molecule has 0 aliphatic heterocycles. The minimum Gasteiger partial charge on any atom is -0.322 e. The first-order chi connectivity index (χ1) is 11.5. The predicted octanol–water partition coefficient (Wildman–Crippen LogP) is 4.37. The summed E-state index contributed by atoms with van der Waals surface area (Å²) < 4.78 is 0.972. The lowest BCUT2D eigenvalue weighted by molar-refractivity contribution is 0.102. The molecule has 0 heterocycles. The van der Waals surface area contributed by atoms with Crippen molar-refractivity contribution in [1.29, 1.82) is 0 Å². The molecule has 0 aromatic heterocycles. The highest BCUT2D eigenvalue weighted by molar-refractivity contribution is 9.10. The first-order valence-electron chi connectivity index (χ1n) is 8.35. The van der Waals surface area contributed by atoms with E-state index in [2.05, 4.69) is 52.4 Å². The van der Waals surface area contributed by atoms with E-state index in [1.807, 2.05) is 30.3 Å². The fourth-order valence-corrected chi connectivity index (χ4v) is 3.65. The molecule has 0 spiro atoms. The molecule has 3 rings (SSSR count). The quantitative estimate of drug-likeness (QED) is 0.845. The molecule has 126 valence electrons. The maximum absolute atomic E-state index is 12.3. The van der Waals surface area contributed by atoms with Crippen LogP contribution >= 0.6 is 15.9 Å². The van der Waals surface area contributed by atoms with Crippen molar-refractivity contribution < 1.29 is 4.79 Å². The van der Waals surface area contributed by atoms with Crippen molar-refractivity contribution in [1.82, 2.24) is 4.90 Å². The van der Waals surface area contributed by atoms with E-state index in [1.54, 1.807) is 0 Å². The smallest absolute Gasteiger partial charge is 0.255 e. The van der Waals surface area contributed by atoms with Gasteiger partial charge in [-0.1, -0.05) is 22.0 Å². The van der Waals surface area contributed by atoms with E-state index in [-0.39, 0.29) is 5.91 Å². The second-order valence-corrected chi connectivity index (χ2v) is 7.73. The Kier molecular flexibility index (Phi) is 5.36. The van der Waals surface area contributed by atoms with Gasteiger partial charge in [-0.05, 0) is 86.8 Å². The minimum atomic E-state index is -0.0660. The standard InChI is InChI=1S/C20H23BrN2O/c1-23(2)13-14-3-4-17-12-19(10-7-16(17)11-14)22-20(24)15-5-8-18(21)9-6-15/h5-10,12,14H,3-4,11,13H2,1-2H3,(H,22,24). The average molecular weight is 387 g/mol. The SMILES string of the molecule is CN(C)CC1CCc2cc(NC(=O)c3ccc(Br)cc3)ccc2C1. The Hall–Kier alpha value is -1.65. The molecule has 2 aromatic carbocycles. The maximum Gasteiger partial charge on any atom is 0.255 e. The summed E-state index contributed by atoms with van der Waals surface area (Å²) in [7, 11) is 4.27. The van der Waals surface area contributed by atoms with Crippen molar-refractivity contribution in [2.45, 2.75) is 19.3 Å². The Bertz CT molecular complexity index is 725. The first kappa shape index (κ1) is 17.2. The molecule has 1 aliphatic rings. The molecule has 0 radical (unpaired) electrons.